The van der Waals surface area contributed by atoms with Crippen molar-refractivity contribution in [1.29, 1.82) is 0 Å². The molecule has 0 amide bonds. The zero-order valence-electron chi connectivity index (χ0n) is 17.9. The van der Waals surface area contributed by atoms with Crippen LogP contribution in [0.25, 0.3) is 5.57 Å². The zero-order valence-corrected chi connectivity index (χ0v) is 18.6. The number of esters is 1. The van der Waals surface area contributed by atoms with Crippen LogP contribution in [0.15, 0.2) is 53.9 Å². The zero-order chi connectivity index (χ0) is 20.9. The quantitative estimate of drug-likeness (QED) is 0.334. The lowest BCUT2D eigenvalue weighted by Gasteiger charge is -2.56. The van der Waals surface area contributed by atoms with Crippen molar-refractivity contribution in [3.05, 3.63) is 59.5 Å². The van der Waals surface area contributed by atoms with Gasteiger partial charge in [0.1, 0.15) is 12.0 Å². The number of allylic oxidation sites excluding steroid dienone is 5. The number of hydrogen-bond donors (Lipinski definition) is 0. The first kappa shape index (κ1) is 20.1. The Morgan fingerprint density at radius 3 is 2.90 bits per heavy atom. The van der Waals surface area contributed by atoms with Gasteiger partial charge in [-0.2, -0.15) is 0 Å². The first-order valence-corrected chi connectivity index (χ1v) is 11.8. The van der Waals surface area contributed by atoms with Crippen LogP contribution in [0, 0.1) is 22.7 Å². The Hall–Kier alpha value is -1.87. The Balaban J connectivity index is 1.40. The molecule has 0 bridgehead atoms. The first-order chi connectivity index (χ1) is 14.5. The third kappa shape index (κ3) is 3.00. The molecule has 0 saturated heterocycles. The fraction of sp³-hybridized carbons (Fsp3) is 0.538. The van der Waals surface area contributed by atoms with Crippen LogP contribution >= 0.6 is 11.6 Å². The maximum Gasteiger partial charge on any atom is 0.321 e. The summed E-state index contributed by atoms with van der Waals surface area (Å²) in [4.78, 5) is 16.0. The van der Waals surface area contributed by atoms with Gasteiger partial charge in [-0.3, -0.25) is 9.78 Å². The van der Waals surface area contributed by atoms with Gasteiger partial charge in [-0.15, -0.1) is 11.6 Å². The smallest absolute Gasteiger partial charge is 0.321 e. The summed E-state index contributed by atoms with van der Waals surface area (Å²) < 4.78 is 5.58. The third-order valence-corrected chi connectivity index (χ3v) is 8.70. The topological polar surface area (TPSA) is 39.2 Å². The number of fused-ring (bicyclic) bond motifs is 5. The van der Waals surface area contributed by atoms with E-state index in [0.717, 1.165) is 25.7 Å². The second-order valence-corrected chi connectivity index (χ2v) is 10.2. The van der Waals surface area contributed by atoms with Crippen molar-refractivity contribution in [3.63, 3.8) is 0 Å². The average molecular weight is 424 g/mol. The molecule has 1 aromatic heterocycles. The standard InChI is InChI=1S/C26H30ClNO2/c1-25-11-9-19(30-24(29)15-27)14-18(25)5-6-20-22-8-7-21(17-4-3-13-28-16-17)26(22,2)12-10-23(20)25/h3-5,7-8,13,16,19-20,23H,6,9-12,14-15H2,1-2H3. The maximum absolute atomic E-state index is 11.7. The molecule has 4 heteroatoms. The van der Waals surface area contributed by atoms with Crippen LogP contribution in [-0.2, 0) is 9.53 Å². The monoisotopic (exact) mass is 423 g/mol. The van der Waals surface area contributed by atoms with E-state index in [0.29, 0.717) is 11.8 Å². The fourth-order valence-corrected chi connectivity index (χ4v) is 6.95. The molecular weight excluding hydrogens is 394 g/mol. The Morgan fingerprint density at radius 1 is 1.27 bits per heavy atom. The molecule has 0 radical (unpaired) electrons. The number of aromatic nitrogens is 1. The average Bonchev–Trinajstić information content (AvgIpc) is 3.11. The summed E-state index contributed by atoms with van der Waals surface area (Å²) >= 11 is 5.64. The van der Waals surface area contributed by atoms with E-state index in [1.54, 1.807) is 5.57 Å². The van der Waals surface area contributed by atoms with E-state index in [4.69, 9.17) is 16.3 Å². The first-order valence-electron chi connectivity index (χ1n) is 11.2. The van der Waals surface area contributed by atoms with Crippen LogP contribution in [0.5, 0.6) is 0 Å². The van der Waals surface area contributed by atoms with Crippen LogP contribution in [-0.4, -0.2) is 22.9 Å². The van der Waals surface area contributed by atoms with E-state index in [1.807, 2.05) is 18.5 Å². The van der Waals surface area contributed by atoms with Crippen molar-refractivity contribution in [1.82, 2.24) is 4.98 Å². The highest BCUT2D eigenvalue weighted by Crippen LogP contribution is 2.64. The second kappa shape index (κ2) is 7.37. The van der Waals surface area contributed by atoms with Crippen molar-refractivity contribution in [2.24, 2.45) is 22.7 Å². The molecule has 4 aliphatic rings. The number of halogens is 1. The van der Waals surface area contributed by atoms with E-state index in [1.165, 1.54) is 29.6 Å². The van der Waals surface area contributed by atoms with Gasteiger partial charge < -0.3 is 4.74 Å². The summed E-state index contributed by atoms with van der Waals surface area (Å²) in [5, 5.41) is 0. The van der Waals surface area contributed by atoms with E-state index in [2.05, 4.69) is 43.1 Å². The number of rotatable bonds is 3. The molecule has 1 heterocycles. The van der Waals surface area contributed by atoms with Gasteiger partial charge in [0.2, 0.25) is 0 Å². The highest BCUT2D eigenvalue weighted by atomic mass is 35.5. The maximum atomic E-state index is 11.7. The highest BCUT2D eigenvalue weighted by Gasteiger charge is 2.54. The minimum Gasteiger partial charge on any atom is -0.461 e. The number of nitrogens with zero attached hydrogens (tertiary/aromatic N) is 1. The molecule has 2 fully saturated rings. The largest absolute Gasteiger partial charge is 0.461 e. The van der Waals surface area contributed by atoms with Crippen LogP contribution in [0.2, 0.25) is 0 Å². The summed E-state index contributed by atoms with van der Waals surface area (Å²) in [6, 6.07) is 4.23. The molecule has 0 N–H and O–H groups in total. The van der Waals surface area contributed by atoms with E-state index in [9.17, 15) is 4.79 Å². The van der Waals surface area contributed by atoms with Gasteiger partial charge in [0.15, 0.2) is 0 Å². The molecule has 5 atom stereocenters. The van der Waals surface area contributed by atoms with Crippen molar-refractivity contribution < 1.29 is 9.53 Å². The molecule has 0 spiro atoms. The van der Waals surface area contributed by atoms with Crippen LogP contribution in [0.1, 0.15) is 57.9 Å². The van der Waals surface area contributed by atoms with Crippen molar-refractivity contribution in [2.45, 2.75) is 58.5 Å². The van der Waals surface area contributed by atoms with Gasteiger partial charge in [-0.1, -0.05) is 49.3 Å². The number of carbonyl (C=O) groups is 1. The minimum atomic E-state index is -0.293. The molecule has 2 saturated carbocycles. The molecular formula is C26H30ClNO2. The van der Waals surface area contributed by atoms with Crippen molar-refractivity contribution in [2.75, 3.05) is 5.88 Å². The Bertz CT molecular complexity index is 949. The molecule has 5 unspecified atom stereocenters. The van der Waals surface area contributed by atoms with E-state index < -0.39 is 0 Å². The molecule has 0 aliphatic heterocycles. The number of pyridine rings is 1. The molecule has 158 valence electrons. The summed E-state index contributed by atoms with van der Waals surface area (Å²) in [6.45, 7) is 4.90. The minimum absolute atomic E-state index is 0.00877. The molecule has 3 nitrogen and oxygen atoms in total. The summed E-state index contributed by atoms with van der Waals surface area (Å²) in [5.74, 6) is 0.919. The predicted molar refractivity (Wildman–Crippen MR) is 120 cm³/mol. The van der Waals surface area contributed by atoms with E-state index >= 15 is 0 Å². The Morgan fingerprint density at radius 2 is 2.13 bits per heavy atom. The summed E-state index contributed by atoms with van der Waals surface area (Å²) in [7, 11) is 0. The van der Waals surface area contributed by atoms with Gasteiger partial charge >= 0.3 is 5.97 Å². The number of alkyl halides is 1. The summed E-state index contributed by atoms with van der Waals surface area (Å²) in [5.41, 5.74) is 6.14. The lowest BCUT2D eigenvalue weighted by Crippen LogP contribution is -2.47. The van der Waals surface area contributed by atoms with Gasteiger partial charge in [0, 0.05) is 24.2 Å². The number of ether oxygens (including phenoxy) is 1. The van der Waals surface area contributed by atoms with Gasteiger partial charge in [-0.05, 0) is 66.6 Å². The third-order valence-electron chi connectivity index (χ3n) is 8.48. The second-order valence-electron chi connectivity index (χ2n) is 9.90. The van der Waals surface area contributed by atoms with Crippen LogP contribution in [0.3, 0.4) is 0 Å². The number of hydrogen-bond acceptors (Lipinski definition) is 3. The van der Waals surface area contributed by atoms with Crippen molar-refractivity contribution in [3.8, 4) is 0 Å². The Labute approximate surface area is 184 Å². The lowest BCUT2D eigenvalue weighted by atomic mass is 9.49. The molecule has 5 rings (SSSR count). The molecule has 30 heavy (non-hydrogen) atoms. The van der Waals surface area contributed by atoms with Crippen LogP contribution in [0.4, 0.5) is 0 Å². The SMILES string of the molecule is CC12CCC3C(CC=C4CC(OC(=O)CCl)CCC43C)C1=CC=C2c1cccnc1. The molecule has 0 aromatic carbocycles. The van der Waals surface area contributed by atoms with Gasteiger partial charge in [0.25, 0.3) is 0 Å². The molecule has 1 aromatic rings. The van der Waals surface area contributed by atoms with Gasteiger partial charge in [-0.25, -0.2) is 0 Å². The fourth-order valence-electron chi connectivity index (χ4n) is 6.89. The molecule has 4 aliphatic carbocycles. The highest BCUT2D eigenvalue weighted by molar-refractivity contribution is 6.26. The van der Waals surface area contributed by atoms with E-state index in [-0.39, 0.29) is 28.8 Å². The number of carbonyl (C=O) groups excluding carboxylic acids is 1. The Kier molecular flexibility index (Phi) is 4.93. The van der Waals surface area contributed by atoms with Crippen LogP contribution < -0.4 is 0 Å². The lowest BCUT2D eigenvalue weighted by molar-refractivity contribution is -0.147. The predicted octanol–water partition coefficient (Wildman–Crippen LogP) is 6.11. The van der Waals surface area contributed by atoms with Crippen molar-refractivity contribution >= 4 is 23.1 Å². The van der Waals surface area contributed by atoms with Gasteiger partial charge in [0.05, 0.1) is 0 Å². The summed E-state index contributed by atoms with van der Waals surface area (Å²) in [6.07, 6.45) is 17.5. The normalized spacial score (nSPS) is 37.2.